The summed E-state index contributed by atoms with van der Waals surface area (Å²) in [6.45, 7) is 3.43. The van der Waals surface area contributed by atoms with Gasteiger partial charge >= 0.3 is 12.1 Å². The van der Waals surface area contributed by atoms with E-state index in [1.165, 1.54) is 24.3 Å². The molecule has 0 atom stereocenters. The van der Waals surface area contributed by atoms with Gasteiger partial charge in [0, 0.05) is 17.4 Å². The molecule has 0 amide bonds. The first kappa shape index (κ1) is 20.7. The first-order chi connectivity index (χ1) is 13.5. The Hall–Kier alpha value is -3.03. The van der Waals surface area contributed by atoms with Gasteiger partial charge in [0.2, 0.25) is 0 Å². The quantitative estimate of drug-likeness (QED) is 0.490. The lowest BCUT2D eigenvalue weighted by molar-refractivity contribution is -0.134. The Morgan fingerprint density at radius 1 is 1.17 bits per heavy atom. The van der Waals surface area contributed by atoms with Crippen molar-refractivity contribution in [2.75, 3.05) is 0 Å². The fourth-order valence-corrected chi connectivity index (χ4v) is 3.02. The minimum atomic E-state index is -4.35. The molecule has 0 saturated carbocycles. The highest BCUT2D eigenvalue weighted by Gasteiger charge is 2.29. The van der Waals surface area contributed by atoms with Crippen molar-refractivity contribution in [1.82, 2.24) is 0 Å². The summed E-state index contributed by atoms with van der Waals surface area (Å²) in [6, 6.07) is 7.83. The number of aryl methyl sites for hydroxylation is 1. The van der Waals surface area contributed by atoms with Crippen molar-refractivity contribution in [2.24, 2.45) is 0 Å². The molecule has 3 rings (SSSR count). The van der Waals surface area contributed by atoms with E-state index in [-0.39, 0.29) is 46.1 Å². The summed E-state index contributed by atoms with van der Waals surface area (Å²) in [7, 11) is 0. The predicted molar refractivity (Wildman–Crippen MR) is 98.7 cm³/mol. The van der Waals surface area contributed by atoms with E-state index in [1.807, 2.05) is 0 Å². The molecular formula is C21H18F4O4. The SMILES string of the molecule is CC(C)Oc1cc2c(C(=O)O)c(-c3ccc(F)cc3)oc2cc1CCC(F)(F)F. The normalized spacial score (nSPS) is 12.0. The lowest BCUT2D eigenvalue weighted by Crippen LogP contribution is -2.11. The molecule has 0 fully saturated rings. The van der Waals surface area contributed by atoms with E-state index in [1.54, 1.807) is 13.8 Å². The van der Waals surface area contributed by atoms with Gasteiger partial charge in [-0.2, -0.15) is 13.2 Å². The highest BCUT2D eigenvalue weighted by molar-refractivity contribution is 6.08. The number of hydrogen-bond acceptors (Lipinski definition) is 3. The van der Waals surface area contributed by atoms with Gasteiger partial charge in [-0.15, -0.1) is 0 Å². The van der Waals surface area contributed by atoms with Gasteiger partial charge in [0.1, 0.15) is 28.5 Å². The van der Waals surface area contributed by atoms with Crippen molar-refractivity contribution in [1.29, 1.82) is 0 Å². The number of aromatic carboxylic acids is 1. The molecule has 4 nitrogen and oxygen atoms in total. The summed E-state index contributed by atoms with van der Waals surface area (Å²) in [5.74, 6) is -1.60. The average molecular weight is 410 g/mol. The van der Waals surface area contributed by atoms with Crippen molar-refractivity contribution >= 4 is 16.9 Å². The molecule has 0 unspecified atom stereocenters. The van der Waals surface area contributed by atoms with Crippen molar-refractivity contribution in [3.63, 3.8) is 0 Å². The van der Waals surface area contributed by atoms with E-state index in [2.05, 4.69) is 0 Å². The van der Waals surface area contributed by atoms with E-state index in [0.29, 0.717) is 5.56 Å². The second kappa shape index (κ2) is 7.77. The number of halogens is 4. The zero-order valence-electron chi connectivity index (χ0n) is 15.6. The molecule has 0 saturated heterocycles. The molecule has 0 bridgehead atoms. The van der Waals surface area contributed by atoms with Crippen molar-refractivity contribution in [2.45, 2.75) is 39.0 Å². The predicted octanol–water partition coefficient (Wildman–Crippen LogP) is 6.22. The molecular weight excluding hydrogens is 392 g/mol. The van der Waals surface area contributed by atoms with Gasteiger partial charge in [-0.05, 0) is 62.2 Å². The third-order valence-electron chi connectivity index (χ3n) is 4.23. The molecule has 8 heteroatoms. The number of alkyl halides is 3. The van der Waals surface area contributed by atoms with Crippen LogP contribution in [-0.2, 0) is 6.42 Å². The lowest BCUT2D eigenvalue weighted by atomic mass is 10.0. The summed E-state index contributed by atoms with van der Waals surface area (Å²) in [5, 5.41) is 9.89. The van der Waals surface area contributed by atoms with Crippen LogP contribution in [0.2, 0.25) is 0 Å². The Kier molecular flexibility index (Phi) is 5.55. The van der Waals surface area contributed by atoms with Gasteiger partial charge in [0.15, 0.2) is 0 Å². The van der Waals surface area contributed by atoms with E-state index >= 15 is 0 Å². The van der Waals surface area contributed by atoms with Crippen LogP contribution in [0.4, 0.5) is 17.6 Å². The number of benzene rings is 2. The lowest BCUT2D eigenvalue weighted by Gasteiger charge is -2.15. The van der Waals surface area contributed by atoms with E-state index in [0.717, 1.165) is 12.1 Å². The second-order valence-corrected chi connectivity index (χ2v) is 6.86. The fraction of sp³-hybridized carbons (Fsp3) is 0.286. The molecule has 3 aromatic rings. The first-order valence-electron chi connectivity index (χ1n) is 8.87. The van der Waals surface area contributed by atoms with Gasteiger partial charge in [-0.25, -0.2) is 9.18 Å². The maximum absolute atomic E-state index is 13.2. The van der Waals surface area contributed by atoms with Crippen LogP contribution in [0, 0.1) is 5.82 Å². The smallest absolute Gasteiger partial charge is 0.389 e. The van der Waals surface area contributed by atoms with E-state index in [4.69, 9.17) is 9.15 Å². The van der Waals surface area contributed by atoms with Gasteiger partial charge in [0.25, 0.3) is 0 Å². The number of carboxylic acids is 1. The average Bonchev–Trinajstić information content (AvgIpc) is 2.97. The Bertz CT molecular complexity index is 1030. The Morgan fingerprint density at radius 3 is 2.38 bits per heavy atom. The Morgan fingerprint density at radius 2 is 1.83 bits per heavy atom. The van der Waals surface area contributed by atoms with Crippen molar-refractivity contribution in [3.05, 3.63) is 53.3 Å². The van der Waals surface area contributed by atoms with Gasteiger partial charge in [0.05, 0.1) is 6.10 Å². The number of fused-ring (bicyclic) bond motifs is 1. The zero-order valence-corrected chi connectivity index (χ0v) is 15.6. The topological polar surface area (TPSA) is 59.7 Å². The highest BCUT2D eigenvalue weighted by Crippen LogP contribution is 2.38. The monoisotopic (exact) mass is 410 g/mol. The summed E-state index contributed by atoms with van der Waals surface area (Å²) in [6.07, 6.45) is -6.06. The van der Waals surface area contributed by atoms with E-state index < -0.39 is 24.4 Å². The largest absolute Gasteiger partial charge is 0.491 e. The van der Waals surface area contributed by atoms with Crippen LogP contribution in [0.3, 0.4) is 0 Å². The minimum Gasteiger partial charge on any atom is -0.491 e. The third-order valence-corrected chi connectivity index (χ3v) is 4.23. The summed E-state index contributed by atoms with van der Waals surface area (Å²) >= 11 is 0. The minimum absolute atomic E-state index is 0.00373. The molecule has 0 aliphatic heterocycles. The van der Waals surface area contributed by atoms with Crippen molar-refractivity contribution < 1.29 is 36.6 Å². The first-order valence-corrected chi connectivity index (χ1v) is 8.87. The molecule has 0 spiro atoms. The summed E-state index contributed by atoms with van der Waals surface area (Å²) in [5.41, 5.74) is 0.556. The number of hydrogen-bond donors (Lipinski definition) is 1. The second-order valence-electron chi connectivity index (χ2n) is 6.86. The third kappa shape index (κ3) is 4.70. The van der Waals surface area contributed by atoms with Gasteiger partial charge in [-0.3, -0.25) is 0 Å². The molecule has 0 aliphatic rings. The maximum Gasteiger partial charge on any atom is 0.389 e. The van der Waals surface area contributed by atoms with Crippen LogP contribution >= 0.6 is 0 Å². The van der Waals surface area contributed by atoms with E-state index in [9.17, 15) is 27.5 Å². The summed E-state index contributed by atoms with van der Waals surface area (Å²) in [4.78, 5) is 11.9. The highest BCUT2D eigenvalue weighted by atomic mass is 19.4. The molecule has 0 radical (unpaired) electrons. The van der Waals surface area contributed by atoms with Gasteiger partial charge < -0.3 is 14.3 Å². The molecule has 1 N–H and O–H groups in total. The fourth-order valence-electron chi connectivity index (χ4n) is 3.02. The van der Waals surface area contributed by atoms with Crippen LogP contribution in [0.25, 0.3) is 22.3 Å². The zero-order chi connectivity index (χ0) is 21.3. The Labute approximate surface area is 163 Å². The van der Waals surface area contributed by atoms with Crippen LogP contribution < -0.4 is 4.74 Å². The van der Waals surface area contributed by atoms with Crippen LogP contribution in [-0.4, -0.2) is 23.4 Å². The Balaban J connectivity index is 2.18. The number of rotatable bonds is 6. The molecule has 29 heavy (non-hydrogen) atoms. The number of furan rings is 1. The number of carboxylic acid groups (broad SMARTS) is 1. The van der Waals surface area contributed by atoms with Gasteiger partial charge in [-0.1, -0.05) is 0 Å². The van der Waals surface area contributed by atoms with Crippen molar-refractivity contribution in [3.8, 4) is 17.1 Å². The number of ether oxygens (including phenoxy) is 1. The maximum atomic E-state index is 13.2. The molecule has 0 aliphatic carbocycles. The molecule has 154 valence electrons. The molecule has 2 aromatic carbocycles. The van der Waals surface area contributed by atoms with Crippen LogP contribution in [0.15, 0.2) is 40.8 Å². The summed E-state index contributed by atoms with van der Waals surface area (Å²) < 4.78 is 62.6. The van der Waals surface area contributed by atoms with Crippen LogP contribution in [0.5, 0.6) is 5.75 Å². The molecule has 1 heterocycles. The van der Waals surface area contributed by atoms with Crippen LogP contribution in [0.1, 0.15) is 36.2 Å². The number of carbonyl (C=O) groups is 1. The molecule has 1 aromatic heterocycles. The standard InChI is InChI=1S/C21H18F4O4/c1-11(2)28-16-10-15-17(9-13(16)7-8-21(23,24)25)29-19(18(15)20(26)27)12-3-5-14(22)6-4-12/h3-6,9-11H,7-8H2,1-2H3,(H,26,27).